The predicted molar refractivity (Wildman–Crippen MR) is 64.9 cm³/mol. The maximum atomic E-state index is 13.3. The van der Waals surface area contributed by atoms with Crippen molar-refractivity contribution >= 4 is 5.69 Å². The van der Waals surface area contributed by atoms with Crippen molar-refractivity contribution in [3.05, 3.63) is 65.5 Å². The van der Waals surface area contributed by atoms with Gasteiger partial charge in [0.25, 0.3) is 0 Å². The molecule has 0 amide bonds. The van der Waals surface area contributed by atoms with Crippen molar-refractivity contribution in [3.63, 3.8) is 0 Å². The molecule has 0 radical (unpaired) electrons. The number of nitrogens with zero attached hydrogens (tertiary/aromatic N) is 1. The van der Waals surface area contributed by atoms with E-state index < -0.39 is 0 Å². The van der Waals surface area contributed by atoms with E-state index in [0.717, 1.165) is 5.56 Å². The van der Waals surface area contributed by atoms with Crippen LogP contribution in [0.1, 0.15) is 11.1 Å². The summed E-state index contributed by atoms with van der Waals surface area (Å²) in [6.07, 6.45) is 0. The molecule has 0 saturated heterocycles. The molecule has 2 aromatic rings. The fourth-order valence-corrected chi connectivity index (χ4v) is 1.58. The van der Waals surface area contributed by atoms with E-state index in [1.807, 2.05) is 18.2 Å². The number of rotatable bonds is 3. The molecule has 2 rings (SSSR count). The molecule has 1 N–H and O–H groups in total. The topological polar surface area (TPSA) is 35.8 Å². The minimum atomic E-state index is -0.290. The summed E-state index contributed by atoms with van der Waals surface area (Å²) in [6, 6.07) is 15.9. The Morgan fingerprint density at radius 3 is 2.53 bits per heavy atom. The highest BCUT2D eigenvalue weighted by atomic mass is 19.1. The van der Waals surface area contributed by atoms with Crippen molar-refractivity contribution in [2.24, 2.45) is 0 Å². The van der Waals surface area contributed by atoms with Crippen LogP contribution in [0.25, 0.3) is 0 Å². The van der Waals surface area contributed by atoms with Crippen LogP contribution in [0.4, 0.5) is 10.1 Å². The van der Waals surface area contributed by atoms with Crippen LogP contribution in [-0.4, -0.2) is 0 Å². The summed E-state index contributed by atoms with van der Waals surface area (Å²) in [5.74, 6) is -0.290. The van der Waals surface area contributed by atoms with E-state index in [1.165, 1.54) is 6.07 Å². The second kappa shape index (κ2) is 5.13. The average molecular weight is 226 g/mol. The molecule has 0 fully saturated rings. The lowest BCUT2D eigenvalue weighted by Crippen LogP contribution is -2.02. The lowest BCUT2D eigenvalue weighted by atomic mass is 10.1. The summed E-state index contributed by atoms with van der Waals surface area (Å²) in [4.78, 5) is 0. The molecule has 0 aliphatic rings. The predicted octanol–water partition coefficient (Wildman–Crippen LogP) is 3.31. The quantitative estimate of drug-likeness (QED) is 0.871. The van der Waals surface area contributed by atoms with Gasteiger partial charge in [0.05, 0.1) is 17.3 Å². The Balaban J connectivity index is 2.13. The Morgan fingerprint density at radius 1 is 1.06 bits per heavy atom. The number of hydrogen-bond donors (Lipinski definition) is 1. The fraction of sp³-hybridized carbons (Fsp3) is 0.0714. The SMILES string of the molecule is N#Cc1ccccc1CNc1ccccc1F. The van der Waals surface area contributed by atoms with Crippen LogP contribution in [-0.2, 0) is 6.54 Å². The van der Waals surface area contributed by atoms with Crippen LogP contribution in [0.2, 0.25) is 0 Å². The van der Waals surface area contributed by atoms with Crippen LogP contribution in [0.5, 0.6) is 0 Å². The minimum Gasteiger partial charge on any atom is -0.379 e. The van der Waals surface area contributed by atoms with Crippen molar-refractivity contribution in [1.82, 2.24) is 0 Å². The van der Waals surface area contributed by atoms with Gasteiger partial charge in [-0.2, -0.15) is 5.26 Å². The Hall–Kier alpha value is -2.34. The fourth-order valence-electron chi connectivity index (χ4n) is 1.58. The number of halogens is 1. The molecule has 0 aliphatic carbocycles. The first-order chi connectivity index (χ1) is 8.31. The molecule has 0 aliphatic heterocycles. The molecule has 0 unspecified atom stereocenters. The molecule has 3 heteroatoms. The first-order valence-corrected chi connectivity index (χ1v) is 5.27. The molecule has 84 valence electrons. The summed E-state index contributed by atoms with van der Waals surface area (Å²) in [5.41, 5.74) is 1.91. The zero-order chi connectivity index (χ0) is 12.1. The molecule has 0 bridgehead atoms. The van der Waals surface area contributed by atoms with Gasteiger partial charge in [0.1, 0.15) is 5.82 Å². The Labute approximate surface area is 99.3 Å². The number of benzene rings is 2. The monoisotopic (exact) mass is 226 g/mol. The summed E-state index contributed by atoms with van der Waals surface area (Å²) < 4.78 is 13.3. The minimum absolute atomic E-state index is 0.290. The van der Waals surface area contributed by atoms with Gasteiger partial charge in [-0.25, -0.2) is 4.39 Å². The largest absolute Gasteiger partial charge is 0.379 e. The third-order valence-electron chi connectivity index (χ3n) is 2.48. The average Bonchev–Trinajstić information content (AvgIpc) is 2.38. The molecule has 0 aromatic heterocycles. The molecule has 0 saturated carbocycles. The molecule has 0 heterocycles. The highest BCUT2D eigenvalue weighted by molar-refractivity contribution is 5.46. The van der Waals surface area contributed by atoms with Crippen molar-refractivity contribution in [2.75, 3.05) is 5.32 Å². The van der Waals surface area contributed by atoms with E-state index in [-0.39, 0.29) is 5.82 Å². The van der Waals surface area contributed by atoms with E-state index in [4.69, 9.17) is 5.26 Å². The van der Waals surface area contributed by atoms with Crippen molar-refractivity contribution in [1.29, 1.82) is 5.26 Å². The van der Waals surface area contributed by atoms with Gasteiger partial charge < -0.3 is 5.32 Å². The number of anilines is 1. The summed E-state index contributed by atoms with van der Waals surface area (Å²) in [7, 11) is 0. The zero-order valence-electron chi connectivity index (χ0n) is 9.15. The zero-order valence-corrected chi connectivity index (χ0v) is 9.15. The Bertz CT molecular complexity index is 558. The Kier molecular flexibility index (Phi) is 3.37. The van der Waals surface area contributed by atoms with Crippen molar-refractivity contribution < 1.29 is 4.39 Å². The molecule has 2 aromatic carbocycles. The van der Waals surface area contributed by atoms with Crippen LogP contribution in [0, 0.1) is 17.1 Å². The smallest absolute Gasteiger partial charge is 0.146 e. The third kappa shape index (κ3) is 2.61. The lowest BCUT2D eigenvalue weighted by molar-refractivity contribution is 0.630. The second-order valence-electron chi connectivity index (χ2n) is 3.60. The number of para-hydroxylation sites is 1. The van der Waals surface area contributed by atoms with Gasteiger partial charge >= 0.3 is 0 Å². The van der Waals surface area contributed by atoms with Gasteiger partial charge in [-0.05, 0) is 23.8 Å². The van der Waals surface area contributed by atoms with Crippen molar-refractivity contribution in [2.45, 2.75) is 6.54 Å². The highest BCUT2D eigenvalue weighted by Crippen LogP contribution is 2.15. The summed E-state index contributed by atoms with van der Waals surface area (Å²) in [6.45, 7) is 0.435. The standard InChI is InChI=1S/C14H11FN2/c15-13-7-3-4-8-14(13)17-10-12-6-2-1-5-11(12)9-16/h1-8,17H,10H2. The lowest BCUT2D eigenvalue weighted by Gasteiger charge is -2.08. The van der Waals surface area contributed by atoms with Crippen LogP contribution >= 0.6 is 0 Å². The maximum Gasteiger partial charge on any atom is 0.146 e. The number of hydrogen-bond acceptors (Lipinski definition) is 2. The summed E-state index contributed by atoms with van der Waals surface area (Å²) in [5, 5.41) is 11.9. The van der Waals surface area contributed by atoms with Gasteiger partial charge in [-0.1, -0.05) is 30.3 Å². The van der Waals surface area contributed by atoms with Crippen molar-refractivity contribution in [3.8, 4) is 6.07 Å². The number of nitriles is 1. The van der Waals surface area contributed by atoms with Gasteiger partial charge in [0.15, 0.2) is 0 Å². The van der Waals surface area contributed by atoms with Crippen LogP contribution in [0.15, 0.2) is 48.5 Å². The van der Waals surface area contributed by atoms with E-state index in [9.17, 15) is 4.39 Å². The first-order valence-electron chi connectivity index (χ1n) is 5.27. The van der Waals surface area contributed by atoms with Gasteiger partial charge in [0.2, 0.25) is 0 Å². The summed E-state index contributed by atoms with van der Waals surface area (Å²) >= 11 is 0. The maximum absolute atomic E-state index is 13.3. The van der Waals surface area contributed by atoms with E-state index in [1.54, 1.807) is 24.3 Å². The second-order valence-corrected chi connectivity index (χ2v) is 3.60. The highest BCUT2D eigenvalue weighted by Gasteiger charge is 2.02. The van der Waals surface area contributed by atoms with Gasteiger partial charge in [0, 0.05) is 6.54 Å². The number of nitrogens with one attached hydrogen (secondary N) is 1. The molecular weight excluding hydrogens is 215 g/mol. The molecular formula is C14H11FN2. The van der Waals surface area contributed by atoms with E-state index >= 15 is 0 Å². The Morgan fingerprint density at radius 2 is 1.76 bits per heavy atom. The van der Waals surface area contributed by atoms with E-state index in [2.05, 4.69) is 11.4 Å². The van der Waals surface area contributed by atoms with Gasteiger partial charge in [-0.3, -0.25) is 0 Å². The molecule has 0 spiro atoms. The van der Waals surface area contributed by atoms with Crippen LogP contribution in [0.3, 0.4) is 0 Å². The molecule has 2 nitrogen and oxygen atoms in total. The molecule has 0 atom stereocenters. The third-order valence-corrected chi connectivity index (χ3v) is 2.48. The van der Waals surface area contributed by atoms with Crippen LogP contribution < -0.4 is 5.32 Å². The van der Waals surface area contributed by atoms with Gasteiger partial charge in [-0.15, -0.1) is 0 Å². The molecule has 17 heavy (non-hydrogen) atoms. The van der Waals surface area contributed by atoms with E-state index in [0.29, 0.717) is 17.8 Å². The normalized spacial score (nSPS) is 9.65. The first kappa shape index (κ1) is 11.2.